The minimum atomic E-state index is -0.491. The Kier molecular flexibility index (Phi) is 6.43. The van der Waals surface area contributed by atoms with Gasteiger partial charge in [-0.2, -0.15) is 5.10 Å². The van der Waals surface area contributed by atoms with Crippen molar-refractivity contribution >= 4 is 34.9 Å². The maximum Gasteiger partial charge on any atom is 0.279 e. The standard InChI is InChI=1S/C22H17Cl2FN4O3/c1-13-18(12-31-17-6-4-16(25)5-7-17)21(28-32-13)22(30)26-20-8-9-29(27-20)11-14-2-3-15(23)10-19(14)24/h2-10H,11-12H2,1H3,(H,26,27,30). The smallest absolute Gasteiger partial charge is 0.279 e. The number of anilines is 1. The van der Waals surface area contributed by atoms with E-state index >= 15 is 0 Å². The van der Waals surface area contributed by atoms with Gasteiger partial charge in [0, 0.05) is 22.3 Å². The van der Waals surface area contributed by atoms with E-state index < -0.39 is 5.91 Å². The van der Waals surface area contributed by atoms with Gasteiger partial charge in [-0.15, -0.1) is 0 Å². The zero-order valence-electron chi connectivity index (χ0n) is 16.8. The summed E-state index contributed by atoms with van der Waals surface area (Å²) in [6, 6.07) is 12.5. The molecule has 2 heterocycles. The highest BCUT2D eigenvalue weighted by atomic mass is 35.5. The molecule has 0 atom stereocenters. The van der Waals surface area contributed by atoms with Crippen LogP contribution in [-0.4, -0.2) is 20.8 Å². The summed E-state index contributed by atoms with van der Waals surface area (Å²) in [6.45, 7) is 2.12. The molecule has 0 aliphatic carbocycles. The molecule has 0 unspecified atom stereocenters. The van der Waals surface area contributed by atoms with Crippen molar-refractivity contribution in [3.8, 4) is 5.75 Å². The highest BCUT2D eigenvalue weighted by Crippen LogP contribution is 2.22. The first-order chi connectivity index (χ1) is 15.4. The number of aryl methyl sites for hydroxylation is 1. The van der Waals surface area contributed by atoms with Crippen molar-refractivity contribution in [1.82, 2.24) is 14.9 Å². The van der Waals surface area contributed by atoms with Gasteiger partial charge >= 0.3 is 0 Å². The van der Waals surface area contributed by atoms with Crippen molar-refractivity contribution in [1.29, 1.82) is 0 Å². The molecule has 7 nitrogen and oxygen atoms in total. The number of halogens is 3. The van der Waals surface area contributed by atoms with Gasteiger partial charge in [0.1, 0.15) is 23.9 Å². The number of aromatic nitrogens is 3. The highest BCUT2D eigenvalue weighted by molar-refractivity contribution is 6.35. The van der Waals surface area contributed by atoms with Crippen LogP contribution in [0.15, 0.2) is 59.3 Å². The Hall–Kier alpha value is -3.36. The van der Waals surface area contributed by atoms with E-state index in [0.717, 1.165) is 5.56 Å². The van der Waals surface area contributed by atoms with Gasteiger partial charge in [-0.1, -0.05) is 34.4 Å². The van der Waals surface area contributed by atoms with Gasteiger partial charge in [-0.3, -0.25) is 9.48 Å². The molecule has 32 heavy (non-hydrogen) atoms. The van der Waals surface area contributed by atoms with Gasteiger partial charge in [0.25, 0.3) is 5.91 Å². The second-order valence-electron chi connectivity index (χ2n) is 6.90. The van der Waals surface area contributed by atoms with E-state index in [9.17, 15) is 9.18 Å². The quantitative estimate of drug-likeness (QED) is 0.382. The monoisotopic (exact) mass is 474 g/mol. The number of benzene rings is 2. The molecule has 4 rings (SSSR count). The lowest BCUT2D eigenvalue weighted by Crippen LogP contribution is -2.16. The molecular weight excluding hydrogens is 458 g/mol. The molecule has 10 heteroatoms. The van der Waals surface area contributed by atoms with Gasteiger partial charge in [-0.25, -0.2) is 4.39 Å². The van der Waals surface area contributed by atoms with E-state index in [2.05, 4.69) is 15.6 Å². The van der Waals surface area contributed by atoms with E-state index in [4.69, 9.17) is 32.5 Å². The number of ether oxygens (including phenoxy) is 1. The molecule has 0 spiro atoms. The second-order valence-corrected chi connectivity index (χ2v) is 7.74. The summed E-state index contributed by atoms with van der Waals surface area (Å²) in [7, 11) is 0. The molecule has 2 aromatic carbocycles. The van der Waals surface area contributed by atoms with Crippen molar-refractivity contribution in [3.05, 3.63) is 93.2 Å². The summed E-state index contributed by atoms with van der Waals surface area (Å²) >= 11 is 12.1. The van der Waals surface area contributed by atoms with Crippen LogP contribution in [-0.2, 0) is 13.2 Å². The zero-order valence-corrected chi connectivity index (χ0v) is 18.3. The minimum Gasteiger partial charge on any atom is -0.489 e. The molecule has 0 saturated carbocycles. The van der Waals surface area contributed by atoms with Crippen LogP contribution in [0.3, 0.4) is 0 Å². The van der Waals surface area contributed by atoms with Crippen molar-refractivity contribution < 1.29 is 18.4 Å². The number of carbonyl (C=O) groups is 1. The number of nitrogens with zero attached hydrogens (tertiary/aromatic N) is 3. The van der Waals surface area contributed by atoms with Crippen molar-refractivity contribution in [2.45, 2.75) is 20.1 Å². The number of nitrogens with one attached hydrogen (secondary N) is 1. The number of hydrogen-bond acceptors (Lipinski definition) is 5. The fourth-order valence-electron chi connectivity index (χ4n) is 2.94. The lowest BCUT2D eigenvalue weighted by atomic mass is 10.2. The molecule has 0 bridgehead atoms. The first-order valence-corrected chi connectivity index (χ1v) is 10.3. The highest BCUT2D eigenvalue weighted by Gasteiger charge is 2.21. The normalized spacial score (nSPS) is 10.9. The Bertz CT molecular complexity index is 1250. The molecular formula is C22H17Cl2FN4O3. The molecule has 0 aliphatic rings. The van der Waals surface area contributed by atoms with E-state index in [1.54, 1.807) is 36.0 Å². The van der Waals surface area contributed by atoms with Crippen LogP contribution in [0.5, 0.6) is 5.75 Å². The Balaban J connectivity index is 1.42. The number of carbonyl (C=O) groups excluding carboxylic acids is 1. The van der Waals surface area contributed by atoms with E-state index in [0.29, 0.717) is 39.5 Å². The molecule has 4 aromatic rings. The van der Waals surface area contributed by atoms with Crippen molar-refractivity contribution in [3.63, 3.8) is 0 Å². The average molecular weight is 475 g/mol. The summed E-state index contributed by atoms with van der Waals surface area (Å²) in [6.07, 6.45) is 1.72. The fraction of sp³-hybridized carbons (Fsp3) is 0.136. The van der Waals surface area contributed by atoms with Crippen LogP contribution in [0.2, 0.25) is 10.0 Å². The number of amides is 1. The van der Waals surface area contributed by atoms with Crippen LogP contribution in [0.1, 0.15) is 27.4 Å². The summed E-state index contributed by atoms with van der Waals surface area (Å²) in [5, 5.41) is 12.0. The Morgan fingerprint density at radius 2 is 1.97 bits per heavy atom. The van der Waals surface area contributed by atoms with Crippen LogP contribution in [0, 0.1) is 12.7 Å². The van der Waals surface area contributed by atoms with Crippen LogP contribution in [0.25, 0.3) is 0 Å². The first-order valence-electron chi connectivity index (χ1n) is 9.51. The molecule has 0 aliphatic heterocycles. The Morgan fingerprint density at radius 1 is 1.19 bits per heavy atom. The molecule has 0 fully saturated rings. The number of hydrogen-bond donors (Lipinski definition) is 1. The van der Waals surface area contributed by atoms with Gasteiger partial charge < -0.3 is 14.6 Å². The topological polar surface area (TPSA) is 82.2 Å². The van der Waals surface area contributed by atoms with Crippen LogP contribution >= 0.6 is 23.2 Å². The van der Waals surface area contributed by atoms with Gasteiger partial charge in [-0.05, 0) is 48.9 Å². The third-order valence-electron chi connectivity index (χ3n) is 4.63. The average Bonchev–Trinajstić information content (AvgIpc) is 3.36. The number of rotatable bonds is 7. The van der Waals surface area contributed by atoms with Gasteiger partial charge in [0.15, 0.2) is 11.5 Å². The summed E-state index contributed by atoms with van der Waals surface area (Å²) < 4.78 is 25.5. The van der Waals surface area contributed by atoms with Gasteiger partial charge in [0.05, 0.1) is 12.1 Å². The second kappa shape index (κ2) is 9.42. The third-order valence-corrected chi connectivity index (χ3v) is 5.21. The van der Waals surface area contributed by atoms with E-state index in [1.807, 2.05) is 6.07 Å². The van der Waals surface area contributed by atoms with Crippen LogP contribution < -0.4 is 10.1 Å². The minimum absolute atomic E-state index is 0.0349. The zero-order chi connectivity index (χ0) is 22.7. The first kappa shape index (κ1) is 21.9. The molecule has 1 amide bonds. The van der Waals surface area contributed by atoms with Crippen molar-refractivity contribution in [2.24, 2.45) is 0 Å². The van der Waals surface area contributed by atoms with E-state index in [-0.39, 0.29) is 18.1 Å². The maximum atomic E-state index is 13.0. The van der Waals surface area contributed by atoms with Crippen LogP contribution in [0.4, 0.5) is 10.2 Å². The van der Waals surface area contributed by atoms with E-state index in [1.165, 1.54) is 24.3 Å². The summed E-state index contributed by atoms with van der Waals surface area (Å²) in [4.78, 5) is 12.7. The lowest BCUT2D eigenvalue weighted by Gasteiger charge is -2.07. The maximum absolute atomic E-state index is 13.0. The largest absolute Gasteiger partial charge is 0.489 e. The molecule has 164 valence electrons. The Labute approximate surface area is 192 Å². The summed E-state index contributed by atoms with van der Waals surface area (Å²) in [5.41, 5.74) is 1.41. The molecule has 1 N–H and O–H groups in total. The molecule has 0 radical (unpaired) electrons. The predicted octanol–water partition coefficient (Wildman–Crippen LogP) is 5.51. The molecule has 2 aromatic heterocycles. The lowest BCUT2D eigenvalue weighted by molar-refractivity contribution is 0.101. The molecule has 0 saturated heterocycles. The summed E-state index contributed by atoms with van der Waals surface area (Å²) in [5.74, 6) is 0.384. The predicted molar refractivity (Wildman–Crippen MR) is 118 cm³/mol. The van der Waals surface area contributed by atoms with Crippen molar-refractivity contribution in [2.75, 3.05) is 5.32 Å². The SMILES string of the molecule is Cc1onc(C(=O)Nc2ccn(Cc3ccc(Cl)cc3Cl)n2)c1COc1ccc(F)cc1. The Morgan fingerprint density at radius 3 is 2.72 bits per heavy atom. The third kappa shape index (κ3) is 5.09. The fourth-order valence-corrected chi connectivity index (χ4v) is 3.41. The van der Waals surface area contributed by atoms with Gasteiger partial charge in [0.2, 0.25) is 0 Å².